The molecular formula is C17H16O4. The van der Waals surface area contributed by atoms with Crippen molar-refractivity contribution in [2.75, 3.05) is 13.9 Å². The minimum Gasteiger partial charge on any atom is -0.507 e. The van der Waals surface area contributed by atoms with E-state index >= 15 is 0 Å². The van der Waals surface area contributed by atoms with Crippen LogP contribution in [-0.2, 0) is 4.74 Å². The molecule has 0 aliphatic rings. The number of methoxy groups -OCH3 is 1. The molecule has 4 heteroatoms. The number of phenols is 1. The lowest BCUT2D eigenvalue weighted by molar-refractivity contribution is 0.0502. The van der Waals surface area contributed by atoms with Gasteiger partial charge in [-0.15, -0.1) is 0 Å². The third-order valence-electron chi connectivity index (χ3n) is 2.81. The molecule has 0 heterocycles. The summed E-state index contributed by atoms with van der Waals surface area (Å²) in [6, 6.07) is 14.1. The predicted molar refractivity (Wildman–Crippen MR) is 80.4 cm³/mol. The Kier molecular flexibility index (Phi) is 5.12. The number of aromatic hydroxyl groups is 1. The van der Waals surface area contributed by atoms with E-state index in [0.29, 0.717) is 5.75 Å². The van der Waals surface area contributed by atoms with Gasteiger partial charge in [-0.05, 0) is 23.8 Å². The van der Waals surface area contributed by atoms with E-state index in [0.717, 1.165) is 5.56 Å². The highest BCUT2D eigenvalue weighted by Crippen LogP contribution is 2.28. The first-order valence-electron chi connectivity index (χ1n) is 6.43. The van der Waals surface area contributed by atoms with Crippen LogP contribution in [0.5, 0.6) is 11.5 Å². The van der Waals surface area contributed by atoms with E-state index < -0.39 is 0 Å². The van der Waals surface area contributed by atoms with Crippen LogP contribution in [0.2, 0.25) is 0 Å². The molecule has 0 amide bonds. The Hall–Kier alpha value is -2.59. The van der Waals surface area contributed by atoms with Gasteiger partial charge in [0.05, 0.1) is 0 Å². The molecule has 21 heavy (non-hydrogen) atoms. The average molecular weight is 284 g/mol. The van der Waals surface area contributed by atoms with Crippen LogP contribution in [0.25, 0.3) is 6.08 Å². The van der Waals surface area contributed by atoms with Crippen LogP contribution in [0.15, 0.2) is 54.6 Å². The summed E-state index contributed by atoms with van der Waals surface area (Å²) in [5.41, 5.74) is 1.03. The zero-order valence-corrected chi connectivity index (χ0v) is 11.7. The molecule has 0 aliphatic carbocycles. The fraction of sp³-hybridized carbons (Fsp3) is 0.118. The Morgan fingerprint density at radius 2 is 1.90 bits per heavy atom. The molecule has 0 aliphatic heterocycles. The summed E-state index contributed by atoms with van der Waals surface area (Å²) in [6.45, 7) is 0.00608. The molecule has 0 fully saturated rings. The van der Waals surface area contributed by atoms with Crippen LogP contribution in [0.1, 0.15) is 15.9 Å². The monoisotopic (exact) mass is 284 g/mol. The second kappa shape index (κ2) is 7.26. The number of phenolic OH excluding ortho intramolecular Hbond substituents is 1. The van der Waals surface area contributed by atoms with Crippen molar-refractivity contribution in [3.05, 3.63) is 65.7 Å². The van der Waals surface area contributed by atoms with Gasteiger partial charge in [-0.25, -0.2) is 0 Å². The van der Waals surface area contributed by atoms with E-state index in [9.17, 15) is 9.90 Å². The van der Waals surface area contributed by atoms with Gasteiger partial charge < -0.3 is 14.6 Å². The van der Waals surface area contributed by atoms with Crippen LogP contribution in [0.4, 0.5) is 0 Å². The van der Waals surface area contributed by atoms with Gasteiger partial charge in [0.1, 0.15) is 17.1 Å². The van der Waals surface area contributed by atoms with Crippen molar-refractivity contribution >= 4 is 11.9 Å². The highest BCUT2D eigenvalue weighted by Gasteiger charge is 2.15. The minimum absolute atomic E-state index is 0.00608. The van der Waals surface area contributed by atoms with Gasteiger partial charge in [0.15, 0.2) is 12.6 Å². The Bertz CT molecular complexity index is 632. The van der Waals surface area contributed by atoms with Crippen LogP contribution in [-0.4, -0.2) is 24.8 Å². The number of hydrogen-bond acceptors (Lipinski definition) is 4. The van der Waals surface area contributed by atoms with Crippen LogP contribution < -0.4 is 4.74 Å². The summed E-state index contributed by atoms with van der Waals surface area (Å²) < 4.78 is 10.1. The number of carbonyl (C=O) groups excluding carboxylic acids is 1. The van der Waals surface area contributed by atoms with Gasteiger partial charge in [-0.1, -0.05) is 42.5 Å². The maximum absolute atomic E-state index is 12.3. The Morgan fingerprint density at radius 1 is 1.14 bits per heavy atom. The van der Waals surface area contributed by atoms with Crippen LogP contribution in [0.3, 0.4) is 0 Å². The van der Waals surface area contributed by atoms with Crippen molar-refractivity contribution < 1.29 is 19.4 Å². The quantitative estimate of drug-likeness (QED) is 0.502. The van der Waals surface area contributed by atoms with Crippen LogP contribution >= 0.6 is 0 Å². The molecule has 0 saturated heterocycles. The second-order valence-electron chi connectivity index (χ2n) is 4.31. The van der Waals surface area contributed by atoms with E-state index in [2.05, 4.69) is 0 Å². The minimum atomic E-state index is -0.331. The summed E-state index contributed by atoms with van der Waals surface area (Å²) in [6.07, 6.45) is 3.10. The van der Waals surface area contributed by atoms with Crippen molar-refractivity contribution in [3.63, 3.8) is 0 Å². The number of carbonyl (C=O) groups is 1. The lowest BCUT2D eigenvalue weighted by atomic mass is 10.1. The maximum Gasteiger partial charge on any atom is 0.193 e. The number of rotatable bonds is 6. The average Bonchev–Trinajstić information content (AvgIpc) is 2.51. The van der Waals surface area contributed by atoms with E-state index in [-0.39, 0.29) is 23.9 Å². The summed E-state index contributed by atoms with van der Waals surface area (Å²) in [4.78, 5) is 12.3. The third kappa shape index (κ3) is 3.94. The van der Waals surface area contributed by atoms with Gasteiger partial charge in [0.2, 0.25) is 0 Å². The van der Waals surface area contributed by atoms with Crippen molar-refractivity contribution in [1.82, 2.24) is 0 Å². The molecular weight excluding hydrogens is 268 g/mol. The zero-order chi connectivity index (χ0) is 15.1. The number of benzene rings is 2. The number of hydrogen-bond donors (Lipinski definition) is 1. The molecule has 0 unspecified atom stereocenters. The van der Waals surface area contributed by atoms with Crippen molar-refractivity contribution in [2.45, 2.75) is 0 Å². The van der Waals surface area contributed by atoms with Crippen molar-refractivity contribution in [3.8, 4) is 11.5 Å². The molecule has 4 nitrogen and oxygen atoms in total. The highest BCUT2D eigenvalue weighted by molar-refractivity contribution is 6.10. The standard InChI is InChI=1S/C17H16O4/c1-20-12-21-16-9-5-8-14(18)17(16)15(19)11-10-13-6-3-2-4-7-13/h2-11,18H,12H2,1H3. The van der Waals surface area contributed by atoms with Gasteiger partial charge in [0, 0.05) is 7.11 Å². The Morgan fingerprint density at radius 3 is 2.62 bits per heavy atom. The molecule has 2 aromatic carbocycles. The lowest BCUT2D eigenvalue weighted by Crippen LogP contribution is -2.05. The van der Waals surface area contributed by atoms with Crippen LogP contribution in [0, 0.1) is 0 Å². The molecule has 2 rings (SSSR count). The number of allylic oxidation sites excluding steroid dienone is 1. The van der Waals surface area contributed by atoms with E-state index in [4.69, 9.17) is 9.47 Å². The van der Waals surface area contributed by atoms with Crippen molar-refractivity contribution in [2.24, 2.45) is 0 Å². The largest absolute Gasteiger partial charge is 0.507 e. The van der Waals surface area contributed by atoms with Gasteiger partial charge in [-0.2, -0.15) is 0 Å². The smallest absolute Gasteiger partial charge is 0.193 e. The number of ether oxygens (including phenoxy) is 2. The SMILES string of the molecule is COCOc1cccc(O)c1C(=O)C=Cc1ccccc1. The zero-order valence-electron chi connectivity index (χ0n) is 11.7. The highest BCUT2D eigenvalue weighted by atomic mass is 16.7. The molecule has 0 atom stereocenters. The molecule has 0 spiro atoms. The fourth-order valence-electron chi connectivity index (χ4n) is 1.83. The van der Waals surface area contributed by atoms with E-state index in [1.165, 1.54) is 19.3 Å². The van der Waals surface area contributed by atoms with Gasteiger partial charge in [-0.3, -0.25) is 4.79 Å². The molecule has 0 saturated carbocycles. The second-order valence-corrected chi connectivity index (χ2v) is 4.31. The first kappa shape index (κ1) is 14.8. The molecule has 0 bridgehead atoms. The van der Waals surface area contributed by atoms with Gasteiger partial charge >= 0.3 is 0 Å². The summed E-state index contributed by atoms with van der Waals surface area (Å²) >= 11 is 0. The molecule has 0 radical (unpaired) electrons. The first-order valence-corrected chi connectivity index (χ1v) is 6.43. The lowest BCUT2D eigenvalue weighted by Gasteiger charge is -2.10. The summed E-state index contributed by atoms with van der Waals surface area (Å²) in [5, 5.41) is 9.88. The third-order valence-corrected chi connectivity index (χ3v) is 2.81. The first-order chi connectivity index (χ1) is 10.2. The predicted octanol–water partition coefficient (Wildman–Crippen LogP) is 3.27. The van der Waals surface area contributed by atoms with E-state index in [1.807, 2.05) is 30.3 Å². The normalized spacial score (nSPS) is 10.7. The Balaban J connectivity index is 2.24. The van der Waals surface area contributed by atoms with Crippen molar-refractivity contribution in [1.29, 1.82) is 0 Å². The summed E-state index contributed by atoms with van der Waals surface area (Å²) in [7, 11) is 1.49. The Labute approximate surface area is 123 Å². The molecule has 108 valence electrons. The maximum atomic E-state index is 12.3. The van der Waals surface area contributed by atoms with E-state index in [1.54, 1.807) is 18.2 Å². The number of ketones is 1. The van der Waals surface area contributed by atoms with Gasteiger partial charge in [0.25, 0.3) is 0 Å². The molecule has 1 N–H and O–H groups in total. The fourth-order valence-corrected chi connectivity index (χ4v) is 1.83. The summed E-state index contributed by atoms with van der Waals surface area (Å²) in [5.74, 6) is -0.158. The molecule has 2 aromatic rings. The topological polar surface area (TPSA) is 55.8 Å². The molecule has 0 aromatic heterocycles.